The molecule has 2 amide bonds. The van der Waals surface area contributed by atoms with Crippen molar-refractivity contribution in [2.45, 2.75) is 31.8 Å². The lowest BCUT2D eigenvalue weighted by Crippen LogP contribution is -2.56. The second-order valence-corrected chi connectivity index (χ2v) is 11.0. The molecule has 8 nitrogen and oxygen atoms in total. The normalized spacial score (nSPS) is 15.6. The summed E-state index contributed by atoms with van der Waals surface area (Å²) in [5.41, 5.74) is 0.307. The van der Waals surface area contributed by atoms with Crippen molar-refractivity contribution in [1.82, 2.24) is 19.8 Å². The predicted molar refractivity (Wildman–Crippen MR) is 131 cm³/mol. The molecule has 0 aliphatic carbocycles. The molecule has 1 aliphatic rings. The van der Waals surface area contributed by atoms with E-state index in [1.807, 2.05) is 0 Å². The number of carbonyl (C=O) groups excluding carboxylic acids is 2. The van der Waals surface area contributed by atoms with Crippen molar-refractivity contribution in [3.63, 3.8) is 0 Å². The smallest absolute Gasteiger partial charge is 0.265 e. The number of rotatable bonds is 6. The fraction of sp³-hybridized carbons (Fsp3) is 0.333. The molecule has 0 saturated carbocycles. The van der Waals surface area contributed by atoms with Crippen LogP contribution in [0, 0.1) is 5.41 Å². The van der Waals surface area contributed by atoms with Crippen LogP contribution in [0.1, 0.15) is 29.8 Å². The van der Waals surface area contributed by atoms with Crippen LogP contribution in [0.5, 0.6) is 0 Å². The largest absolute Gasteiger partial charge is 0.612 e. The van der Waals surface area contributed by atoms with E-state index in [0.717, 1.165) is 5.56 Å². The molecule has 3 heterocycles. The summed E-state index contributed by atoms with van der Waals surface area (Å²) < 4.78 is 13.5. The Labute approximate surface area is 205 Å². The van der Waals surface area contributed by atoms with Gasteiger partial charge in [0.05, 0.1) is 5.39 Å². The van der Waals surface area contributed by atoms with Gasteiger partial charge in [-0.15, -0.1) is 0 Å². The molecule has 1 saturated heterocycles. The molecular weight excluding hydrogens is 476 g/mol. The zero-order valence-corrected chi connectivity index (χ0v) is 20.7. The van der Waals surface area contributed by atoms with Gasteiger partial charge in [0.25, 0.3) is 11.5 Å². The quantitative estimate of drug-likeness (QED) is 0.523. The van der Waals surface area contributed by atoms with Crippen molar-refractivity contribution in [3.8, 4) is 0 Å². The fourth-order valence-corrected chi connectivity index (χ4v) is 4.92. The van der Waals surface area contributed by atoms with E-state index in [1.54, 1.807) is 35.2 Å². The molecule has 34 heavy (non-hydrogen) atoms. The van der Waals surface area contributed by atoms with Crippen LogP contribution in [-0.2, 0) is 29.1 Å². The van der Waals surface area contributed by atoms with E-state index in [0.29, 0.717) is 28.4 Å². The Morgan fingerprint density at radius 2 is 1.88 bits per heavy atom. The maximum Gasteiger partial charge on any atom is 0.265 e. The molecular formula is C24H25ClN4O4S. The Morgan fingerprint density at radius 3 is 2.50 bits per heavy atom. The lowest BCUT2D eigenvalue weighted by Gasteiger charge is -2.45. The molecule has 178 valence electrons. The highest BCUT2D eigenvalue weighted by molar-refractivity contribution is 7.91. The first-order valence-corrected chi connectivity index (χ1v) is 12.7. The number of nitrogens with zero attached hydrogens (tertiary/aromatic N) is 3. The van der Waals surface area contributed by atoms with E-state index in [2.05, 4.69) is 24.1 Å². The molecule has 1 aromatic carbocycles. The summed E-state index contributed by atoms with van der Waals surface area (Å²) in [6, 6.07) is 9.97. The van der Waals surface area contributed by atoms with E-state index >= 15 is 0 Å². The molecule has 0 radical (unpaired) electrons. The maximum atomic E-state index is 13.4. The van der Waals surface area contributed by atoms with Crippen molar-refractivity contribution < 1.29 is 14.1 Å². The van der Waals surface area contributed by atoms with Crippen LogP contribution in [0.2, 0.25) is 5.02 Å². The van der Waals surface area contributed by atoms with Gasteiger partial charge < -0.3 is 14.8 Å². The van der Waals surface area contributed by atoms with Gasteiger partial charge in [0.2, 0.25) is 5.91 Å². The van der Waals surface area contributed by atoms with E-state index in [1.165, 1.54) is 23.1 Å². The molecule has 1 atom stereocenters. The van der Waals surface area contributed by atoms with Crippen LogP contribution in [-0.4, -0.2) is 50.2 Å². The number of pyridine rings is 2. The first kappa shape index (κ1) is 24.3. The summed E-state index contributed by atoms with van der Waals surface area (Å²) in [5.74, 6) is -0.823. The SMILES string of the molecule is C[S+]([O-])c1ccnc2c1cc(C(=O)NCc1ccc(Cl)cc1)c(=O)n2CC(=O)N1CC(C)(C)C1. The van der Waals surface area contributed by atoms with Gasteiger partial charge >= 0.3 is 0 Å². The number of nitrogens with one attached hydrogen (secondary N) is 1. The number of benzene rings is 1. The summed E-state index contributed by atoms with van der Waals surface area (Å²) in [4.78, 5) is 45.6. The van der Waals surface area contributed by atoms with Crippen molar-refractivity contribution in [3.05, 3.63) is 69.1 Å². The van der Waals surface area contributed by atoms with Crippen molar-refractivity contribution in [2.75, 3.05) is 19.3 Å². The van der Waals surface area contributed by atoms with Gasteiger partial charge in [-0.25, -0.2) is 4.98 Å². The molecule has 1 unspecified atom stereocenters. The molecule has 3 aromatic rings. The van der Waals surface area contributed by atoms with Gasteiger partial charge in [0.15, 0.2) is 4.90 Å². The van der Waals surface area contributed by atoms with Gasteiger partial charge in [0, 0.05) is 36.9 Å². The fourth-order valence-electron chi connectivity index (χ4n) is 4.08. The molecule has 1 fully saturated rings. The third-order valence-electron chi connectivity index (χ3n) is 5.75. The summed E-state index contributed by atoms with van der Waals surface area (Å²) in [5, 5.41) is 3.72. The number of hydrogen-bond acceptors (Lipinski definition) is 5. The molecule has 2 aromatic heterocycles. The number of aromatic nitrogens is 2. The minimum absolute atomic E-state index is 0.0383. The second kappa shape index (κ2) is 9.40. The lowest BCUT2D eigenvalue weighted by atomic mass is 9.84. The van der Waals surface area contributed by atoms with E-state index in [-0.39, 0.29) is 35.6 Å². The Hall–Kier alpha value is -2.88. The highest BCUT2D eigenvalue weighted by Crippen LogP contribution is 2.29. The zero-order chi connectivity index (χ0) is 24.6. The van der Waals surface area contributed by atoms with Gasteiger partial charge in [-0.2, -0.15) is 0 Å². The third-order valence-corrected chi connectivity index (χ3v) is 6.98. The topological polar surface area (TPSA) is 107 Å². The average Bonchev–Trinajstić information content (AvgIpc) is 2.77. The van der Waals surface area contributed by atoms with E-state index in [4.69, 9.17) is 11.6 Å². The van der Waals surface area contributed by atoms with Crippen LogP contribution in [0.3, 0.4) is 0 Å². The number of amides is 2. The minimum atomic E-state index is -1.39. The Balaban J connectivity index is 1.71. The summed E-state index contributed by atoms with van der Waals surface area (Å²) in [7, 11) is 0. The maximum absolute atomic E-state index is 13.4. The Morgan fingerprint density at radius 1 is 1.21 bits per heavy atom. The monoisotopic (exact) mass is 500 g/mol. The van der Waals surface area contributed by atoms with Crippen molar-refractivity contribution >= 4 is 45.6 Å². The zero-order valence-electron chi connectivity index (χ0n) is 19.1. The molecule has 4 rings (SSSR count). The van der Waals surface area contributed by atoms with Crippen LogP contribution in [0.15, 0.2) is 52.3 Å². The minimum Gasteiger partial charge on any atom is -0.612 e. The van der Waals surface area contributed by atoms with E-state index in [9.17, 15) is 18.9 Å². The number of fused-ring (bicyclic) bond motifs is 1. The first-order chi connectivity index (χ1) is 16.1. The summed E-state index contributed by atoms with van der Waals surface area (Å²) in [6.45, 7) is 5.25. The van der Waals surface area contributed by atoms with Crippen molar-refractivity contribution in [1.29, 1.82) is 0 Å². The third kappa shape index (κ3) is 4.96. The van der Waals surface area contributed by atoms with Crippen LogP contribution < -0.4 is 10.9 Å². The van der Waals surface area contributed by atoms with Crippen LogP contribution >= 0.6 is 11.6 Å². The molecule has 10 heteroatoms. The number of likely N-dealkylation sites (tertiary alicyclic amines) is 1. The van der Waals surface area contributed by atoms with Crippen molar-refractivity contribution in [2.24, 2.45) is 5.41 Å². The van der Waals surface area contributed by atoms with Crippen LogP contribution in [0.25, 0.3) is 11.0 Å². The summed E-state index contributed by atoms with van der Waals surface area (Å²) >= 11 is 4.51. The lowest BCUT2D eigenvalue weighted by molar-refractivity contribution is -0.142. The number of halogens is 1. The summed E-state index contributed by atoms with van der Waals surface area (Å²) in [6.07, 6.45) is 2.96. The van der Waals surface area contributed by atoms with Gasteiger partial charge in [-0.05, 0) is 40.4 Å². The van der Waals surface area contributed by atoms with Gasteiger partial charge in [-0.1, -0.05) is 37.6 Å². The Kier molecular flexibility index (Phi) is 6.71. The standard InChI is InChI=1S/C24H25ClN4O4S/c1-24(2)13-28(14-24)20(30)12-29-21-17(19(34(3)33)8-9-26-21)10-18(23(29)32)22(31)27-11-15-4-6-16(25)7-5-15/h4-10H,11-14H2,1-3H3,(H,27,31). The highest BCUT2D eigenvalue weighted by Gasteiger charge is 2.37. The number of carbonyl (C=O) groups is 2. The van der Waals surface area contributed by atoms with Gasteiger partial charge in [0.1, 0.15) is 24.0 Å². The van der Waals surface area contributed by atoms with Crippen LogP contribution in [0.4, 0.5) is 0 Å². The highest BCUT2D eigenvalue weighted by atomic mass is 35.5. The molecule has 0 bridgehead atoms. The Bertz CT molecular complexity index is 1310. The average molecular weight is 501 g/mol. The molecule has 1 N–H and O–H groups in total. The first-order valence-electron chi connectivity index (χ1n) is 10.7. The van der Waals surface area contributed by atoms with E-state index < -0.39 is 22.6 Å². The number of hydrogen-bond donors (Lipinski definition) is 1. The molecule has 0 spiro atoms. The second-order valence-electron chi connectivity index (χ2n) is 9.17. The van der Waals surface area contributed by atoms with Gasteiger partial charge in [-0.3, -0.25) is 19.0 Å². The predicted octanol–water partition coefficient (Wildman–Crippen LogP) is 2.59. The molecule has 1 aliphatic heterocycles.